The van der Waals surface area contributed by atoms with Gasteiger partial charge in [0.15, 0.2) is 0 Å². The zero-order valence-electron chi connectivity index (χ0n) is 15.5. The van der Waals surface area contributed by atoms with Gasteiger partial charge in [-0.15, -0.1) is 0 Å². The first-order valence-corrected chi connectivity index (χ1v) is 10.4. The van der Waals surface area contributed by atoms with E-state index in [2.05, 4.69) is 9.71 Å². The van der Waals surface area contributed by atoms with E-state index in [4.69, 9.17) is 0 Å². The molecule has 0 bridgehead atoms. The lowest BCUT2D eigenvalue weighted by molar-refractivity contribution is 0.0726. The summed E-state index contributed by atoms with van der Waals surface area (Å²) in [4.78, 5) is 20.5. The minimum Gasteiger partial charge on any atom is -0.363 e. The second-order valence-electron chi connectivity index (χ2n) is 6.83. The number of rotatable bonds is 5. The molecule has 144 valence electrons. The maximum Gasteiger partial charge on any atom is 0.255 e. The molecule has 1 aliphatic heterocycles. The molecule has 1 saturated heterocycles. The summed E-state index contributed by atoms with van der Waals surface area (Å²) in [6.07, 6.45) is 2.72. The van der Waals surface area contributed by atoms with Crippen LogP contribution < -0.4 is 9.62 Å². The topological polar surface area (TPSA) is 82.6 Å². The van der Waals surface area contributed by atoms with Gasteiger partial charge in [-0.05, 0) is 37.1 Å². The van der Waals surface area contributed by atoms with E-state index in [0.717, 1.165) is 5.82 Å². The van der Waals surface area contributed by atoms with Gasteiger partial charge in [0, 0.05) is 39.1 Å². The molecule has 1 fully saturated rings. The van der Waals surface area contributed by atoms with Crippen molar-refractivity contribution in [1.82, 2.24) is 9.88 Å². The van der Waals surface area contributed by atoms with Gasteiger partial charge in [-0.25, -0.2) is 13.4 Å². The van der Waals surface area contributed by atoms with Gasteiger partial charge >= 0.3 is 0 Å². The van der Waals surface area contributed by atoms with Crippen LogP contribution in [0, 0.1) is 0 Å². The fourth-order valence-corrected chi connectivity index (χ4v) is 4.57. The average Bonchev–Trinajstić information content (AvgIpc) is 2.68. The number of hydrogen-bond acceptors (Lipinski definition) is 5. The number of piperidine rings is 1. The third-order valence-electron chi connectivity index (χ3n) is 4.59. The Morgan fingerprint density at radius 3 is 2.56 bits per heavy atom. The Balaban J connectivity index is 1.70. The van der Waals surface area contributed by atoms with Gasteiger partial charge in [0.1, 0.15) is 5.82 Å². The second-order valence-corrected chi connectivity index (χ2v) is 8.79. The minimum absolute atomic E-state index is 0.177. The Labute approximate surface area is 160 Å². The zero-order valence-corrected chi connectivity index (χ0v) is 16.3. The molecule has 1 aromatic carbocycles. The molecule has 1 amide bonds. The van der Waals surface area contributed by atoms with Gasteiger partial charge in [-0.3, -0.25) is 9.52 Å². The molecular formula is C19H24N4O3S. The fourth-order valence-electron chi connectivity index (χ4n) is 3.09. The van der Waals surface area contributed by atoms with E-state index in [0.29, 0.717) is 30.6 Å². The summed E-state index contributed by atoms with van der Waals surface area (Å²) in [5.74, 6) is 0.574. The van der Waals surface area contributed by atoms with E-state index in [1.54, 1.807) is 41.3 Å². The smallest absolute Gasteiger partial charge is 0.255 e. The number of anilines is 2. The van der Waals surface area contributed by atoms with Crippen LogP contribution in [0.4, 0.5) is 11.5 Å². The quantitative estimate of drug-likeness (QED) is 0.849. The first kappa shape index (κ1) is 19.2. The van der Waals surface area contributed by atoms with Crippen LogP contribution in [-0.4, -0.2) is 56.6 Å². The predicted molar refractivity (Wildman–Crippen MR) is 106 cm³/mol. The molecule has 0 unspecified atom stereocenters. The van der Waals surface area contributed by atoms with Crippen molar-refractivity contribution < 1.29 is 13.2 Å². The normalized spacial score (nSPS) is 17.4. The third kappa shape index (κ3) is 4.57. The van der Waals surface area contributed by atoms with E-state index in [9.17, 15) is 13.2 Å². The molecule has 2 aromatic rings. The number of nitrogens with zero attached hydrogens (tertiary/aromatic N) is 3. The second kappa shape index (κ2) is 7.96. The highest BCUT2D eigenvalue weighted by atomic mass is 32.2. The molecule has 1 aliphatic rings. The summed E-state index contributed by atoms with van der Waals surface area (Å²) in [7, 11) is 0.188. The van der Waals surface area contributed by atoms with Crippen LogP contribution in [0.1, 0.15) is 23.2 Å². The van der Waals surface area contributed by atoms with Crippen LogP contribution >= 0.6 is 0 Å². The number of likely N-dealkylation sites (tertiary alicyclic amines) is 1. The maximum absolute atomic E-state index is 12.8. The molecule has 27 heavy (non-hydrogen) atoms. The number of pyridine rings is 1. The zero-order chi connectivity index (χ0) is 19.4. The summed E-state index contributed by atoms with van der Waals surface area (Å²) in [5, 5.41) is -0.635. The van der Waals surface area contributed by atoms with Gasteiger partial charge in [0.25, 0.3) is 5.91 Å². The molecular weight excluding hydrogens is 364 g/mol. The molecule has 1 atom stereocenters. The average molecular weight is 388 g/mol. The largest absolute Gasteiger partial charge is 0.363 e. The molecule has 0 spiro atoms. The molecule has 0 aliphatic carbocycles. The summed E-state index contributed by atoms with van der Waals surface area (Å²) in [6.45, 7) is 0.724. The Kier molecular flexibility index (Phi) is 5.65. The molecule has 0 saturated carbocycles. The summed E-state index contributed by atoms with van der Waals surface area (Å²) in [6, 6.07) is 12.3. The molecule has 1 aromatic heterocycles. The van der Waals surface area contributed by atoms with E-state index >= 15 is 0 Å². The van der Waals surface area contributed by atoms with Crippen molar-refractivity contribution >= 4 is 27.4 Å². The highest BCUT2D eigenvalue weighted by Crippen LogP contribution is 2.21. The van der Waals surface area contributed by atoms with Crippen LogP contribution in [0.3, 0.4) is 0 Å². The van der Waals surface area contributed by atoms with Crippen molar-refractivity contribution in [3.63, 3.8) is 0 Å². The lowest BCUT2D eigenvalue weighted by Crippen LogP contribution is -2.46. The standard InChI is InChI=1S/C19H24N4O3S/c1-22(2)18-11-10-15(13-20-18)19(24)23-12-6-9-17(14-23)27(25,26)21-16-7-4-3-5-8-16/h3-5,7-8,10-11,13,17,21H,6,9,12,14H2,1-2H3/t17-/m1/s1. The van der Waals surface area contributed by atoms with Gasteiger partial charge in [0.2, 0.25) is 10.0 Å². The van der Waals surface area contributed by atoms with Crippen molar-refractivity contribution in [2.24, 2.45) is 0 Å². The van der Waals surface area contributed by atoms with Crippen molar-refractivity contribution in [1.29, 1.82) is 0 Å². The number of carbonyl (C=O) groups is 1. The number of hydrogen-bond donors (Lipinski definition) is 1. The van der Waals surface area contributed by atoms with Gasteiger partial charge in [0.05, 0.1) is 10.8 Å². The van der Waals surface area contributed by atoms with Crippen molar-refractivity contribution in [2.75, 3.05) is 36.8 Å². The number of aromatic nitrogens is 1. The number of benzene rings is 1. The van der Waals surface area contributed by atoms with Gasteiger partial charge < -0.3 is 9.80 Å². The van der Waals surface area contributed by atoms with Crippen molar-refractivity contribution in [2.45, 2.75) is 18.1 Å². The summed E-state index contributed by atoms with van der Waals surface area (Å²) < 4.78 is 28.0. The fraction of sp³-hybridized carbons (Fsp3) is 0.368. The molecule has 3 rings (SSSR count). The lowest BCUT2D eigenvalue weighted by Gasteiger charge is -2.32. The summed E-state index contributed by atoms with van der Waals surface area (Å²) >= 11 is 0. The molecule has 8 heteroatoms. The molecule has 0 radical (unpaired) electrons. The Morgan fingerprint density at radius 2 is 1.93 bits per heavy atom. The van der Waals surface area contributed by atoms with Crippen LogP contribution in [-0.2, 0) is 10.0 Å². The predicted octanol–water partition coefficient (Wildman–Crippen LogP) is 2.19. The van der Waals surface area contributed by atoms with E-state index in [1.807, 2.05) is 25.1 Å². The Hall–Kier alpha value is -2.61. The third-order valence-corrected chi connectivity index (χ3v) is 6.37. The van der Waals surface area contributed by atoms with Crippen LogP contribution in [0.2, 0.25) is 0 Å². The Bertz CT molecular complexity index is 883. The monoisotopic (exact) mass is 388 g/mol. The summed E-state index contributed by atoms with van der Waals surface area (Å²) in [5.41, 5.74) is 0.999. The Morgan fingerprint density at radius 1 is 1.19 bits per heavy atom. The highest BCUT2D eigenvalue weighted by Gasteiger charge is 2.33. The molecule has 7 nitrogen and oxygen atoms in total. The maximum atomic E-state index is 12.8. The van der Waals surface area contributed by atoms with Gasteiger partial charge in [-0.2, -0.15) is 0 Å². The van der Waals surface area contributed by atoms with Crippen LogP contribution in [0.15, 0.2) is 48.7 Å². The van der Waals surface area contributed by atoms with E-state index < -0.39 is 15.3 Å². The number of carbonyl (C=O) groups excluding carboxylic acids is 1. The molecule has 1 N–H and O–H groups in total. The van der Waals surface area contributed by atoms with Crippen molar-refractivity contribution in [3.05, 3.63) is 54.2 Å². The number of para-hydroxylation sites is 1. The van der Waals surface area contributed by atoms with Crippen LogP contribution in [0.5, 0.6) is 0 Å². The van der Waals surface area contributed by atoms with Crippen LogP contribution in [0.25, 0.3) is 0 Å². The number of sulfonamides is 1. The molecule has 2 heterocycles. The SMILES string of the molecule is CN(C)c1ccc(C(=O)N2CCC[C@@H](S(=O)(=O)Nc3ccccc3)C2)cn1. The number of amides is 1. The highest BCUT2D eigenvalue weighted by molar-refractivity contribution is 7.93. The van der Waals surface area contributed by atoms with E-state index in [-0.39, 0.29) is 12.5 Å². The van der Waals surface area contributed by atoms with E-state index in [1.165, 1.54) is 6.20 Å². The lowest BCUT2D eigenvalue weighted by atomic mass is 10.1. The minimum atomic E-state index is -3.57. The first-order chi connectivity index (χ1) is 12.9. The van der Waals surface area contributed by atoms with Crippen molar-refractivity contribution in [3.8, 4) is 0 Å². The first-order valence-electron chi connectivity index (χ1n) is 8.86. The number of nitrogens with one attached hydrogen (secondary N) is 1. The van der Waals surface area contributed by atoms with Gasteiger partial charge in [-0.1, -0.05) is 18.2 Å².